The molecule has 3 rings (SSSR count). The van der Waals surface area contributed by atoms with Gasteiger partial charge in [-0.25, -0.2) is 8.42 Å². The lowest BCUT2D eigenvalue weighted by atomic mass is 10.1. The van der Waals surface area contributed by atoms with Crippen LogP contribution in [-0.2, 0) is 16.4 Å². The molecule has 0 saturated carbocycles. The molecule has 0 aromatic carbocycles. The van der Waals surface area contributed by atoms with Crippen LogP contribution in [0.5, 0.6) is 0 Å². The van der Waals surface area contributed by atoms with E-state index in [0.717, 1.165) is 11.1 Å². The molecule has 1 aliphatic rings. The number of sulfone groups is 1. The summed E-state index contributed by atoms with van der Waals surface area (Å²) in [6.07, 6.45) is 3.43. The molecule has 1 fully saturated rings. The Morgan fingerprint density at radius 2 is 2.17 bits per heavy atom. The van der Waals surface area contributed by atoms with Crippen LogP contribution in [0.2, 0.25) is 0 Å². The van der Waals surface area contributed by atoms with Crippen molar-refractivity contribution in [1.29, 1.82) is 0 Å². The molecule has 0 aliphatic carbocycles. The molecule has 0 bridgehead atoms. The van der Waals surface area contributed by atoms with Crippen LogP contribution in [0.1, 0.15) is 40.4 Å². The largest absolute Gasteiger partial charge is 0.456 e. The van der Waals surface area contributed by atoms with E-state index >= 15 is 0 Å². The van der Waals surface area contributed by atoms with E-state index in [1.54, 1.807) is 35.0 Å². The first-order chi connectivity index (χ1) is 11.3. The van der Waals surface area contributed by atoms with E-state index in [9.17, 15) is 13.2 Å². The van der Waals surface area contributed by atoms with Crippen molar-refractivity contribution >= 4 is 15.7 Å². The van der Waals surface area contributed by atoms with Crippen molar-refractivity contribution in [1.82, 2.24) is 14.7 Å². The number of amides is 1. The Balaban J connectivity index is 1.97. The maximum Gasteiger partial charge on any atom is 0.290 e. The molecule has 1 amide bonds. The minimum atomic E-state index is -3.19. The Labute approximate surface area is 141 Å². The Hall–Kier alpha value is -2.09. The van der Waals surface area contributed by atoms with Crippen molar-refractivity contribution in [3.8, 4) is 0 Å². The quantitative estimate of drug-likeness (QED) is 0.840. The first-order valence-corrected chi connectivity index (χ1v) is 9.73. The van der Waals surface area contributed by atoms with Gasteiger partial charge in [0.1, 0.15) is 5.76 Å². The third kappa shape index (κ3) is 3.10. The van der Waals surface area contributed by atoms with Crippen LogP contribution in [0, 0.1) is 13.8 Å². The molecular formula is C16H21N3O4S. The van der Waals surface area contributed by atoms with Crippen molar-refractivity contribution in [3.05, 3.63) is 41.1 Å². The van der Waals surface area contributed by atoms with Crippen molar-refractivity contribution in [2.45, 2.75) is 33.4 Å². The van der Waals surface area contributed by atoms with Gasteiger partial charge in [-0.15, -0.1) is 0 Å². The molecule has 0 N–H and O–H groups in total. The van der Waals surface area contributed by atoms with Gasteiger partial charge in [-0.05, 0) is 26.8 Å². The Morgan fingerprint density at radius 3 is 2.75 bits per heavy atom. The summed E-state index contributed by atoms with van der Waals surface area (Å²) in [5.41, 5.74) is 1.49. The van der Waals surface area contributed by atoms with Crippen LogP contribution in [0.25, 0.3) is 0 Å². The molecule has 2 aromatic heterocycles. The SMILES string of the molecule is CCn1cc([C@@H]2CS(=O)(=O)CCN2C(=O)c2oc(C)cc2C)cn1. The lowest BCUT2D eigenvalue weighted by molar-refractivity contribution is 0.0662. The molecule has 0 unspecified atom stereocenters. The van der Waals surface area contributed by atoms with E-state index in [1.165, 1.54) is 0 Å². The number of aryl methyl sites for hydroxylation is 3. The van der Waals surface area contributed by atoms with Crippen LogP contribution >= 0.6 is 0 Å². The molecule has 130 valence electrons. The Kier molecular flexibility index (Phi) is 4.25. The number of hydrogen-bond acceptors (Lipinski definition) is 5. The minimum Gasteiger partial charge on any atom is -0.456 e. The third-order valence-electron chi connectivity index (χ3n) is 4.29. The van der Waals surface area contributed by atoms with Crippen LogP contribution < -0.4 is 0 Å². The van der Waals surface area contributed by atoms with Crippen LogP contribution in [-0.4, -0.2) is 47.1 Å². The van der Waals surface area contributed by atoms with Gasteiger partial charge in [0.05, 0.1) is 23.7 Å². The summed E-state index contributed by atoms with van der Waals surface area (Å²) < 4.78 is 31.4. The van der Waals surface area contributed by atoms with Gasteiger partial charge in [-0.2, -0.15) is 5.10 Å². The zero-order valence-corrected chi connectivity index (χ0v) is 14.8. The molecule has 0 radical (unpaired) electrons. The van der Waals surface area contributed by atoms with Gasteiger partial charge in [0.2, 0.25) is 0 Å². The highest BCUT2D eigenvalue weighted by atomic mass is 32.2. The Morgan fingerprint density at radius 1 is 1.42 bits per heavy atom. The predicted octanol–water partition coefficient (Wildman–Crippen LogP) is 1.72. The van der Waals surface area contributed by atoms with Crippen LogP contribution in [0.4, 0.5) is 0 Å². The number of carbonyl (C=O) groups is 1. The second kappa shape index (κ2) is 6.08. The summed E-state index contributed by atoms with van der Waals surface area (Å²) in [5.74, 6) is 0.545. The second-order valence-electron chi connectivity index (χ2n) is 6.13. The van der Waals surface area contributed by atoms with Gasteiger partial charge < -0.3 is 9.32 Å². The van der Waals surface area contributed by atoms with Crippen molar-refractivity contribution in [2.75, 3.05) is 18.1 Å². The smallest absolute Gasteiger partial charge is 0.290 e. The Bertz CT molecular complexity index is 866. The van der Waals surface area contributed by atoms with Crippen molar-refractivity contribution in [2.24, 2.45) is 0 Å². The number of aromatic nitrogens is 2. The molecule has 7 nitrogen and oxygen atoms in total. The van der Waals surface area contributed by atoms with Gasteiger partial charge in [0.15, 0.2) is 15.6 Å². The van der Waals surface area contributed by atoms with E-state index in [4.69, 9.17) is 4.42 Å². The molecule has 1 aliphatic heterocycles. The molecule has 2 aromatic rings. The lowest BCUT2D eigenvalue weighted by Crippen LogP contribution is -2.46. The van der Waals surface area contributed by atoms with Crippen LogP contribution in [0.3, 0.4) is 0 Å². The first kappa shape index (κ1) is 16.8. The summed E-state index contributed by atoms with van der Waals surface area (Å²) in [6.45, 7) is 6.39. The fraction of sp³-hybridized carbons (Fsp3) is 0.500. The molecule has 8 heteroatoms. The number of hydrogen-bond donors (Lipinski definition) is 0. The van der Waals surface area contributed by atoms with Gasteiger partial charge >= 0.3 is 0 Å². The highest BCUT2D eigenvalue weighted by Crippen LogP contribution is 2.29. The maximum atomic E-state index is 12.9. The molecule has 3 heterocycles. The third-order valence-corrected chi connectivity index (χ3v) is 5.92. The second-order valence-corrected chi connectivity index (χ2v) is 8.36. The number of carbonyl (C=O) groups excluding carboxylic acids is 1. The zero-order valence-electron chi connectivity index (χ0n) is 14.0. The lowest BCUT2D eigenvalue weighted by Gasteiger charge is -2.34. The van der Waals surface area contributed by atoms with E-state index < -0.39 is 15.9 Å². The average Bonchev–Trinajstić information content (AvgIpc) is 3.12. The standard InChI is InChI=1S/C16H21N3O4S/c1-4-18-9-13(8-17-18)14-10-24(21,22)6-5-19(14)16(20)15-11(2)7-12(3)23-15/h7-9,14H,4-6,10H2,1-3H3/t14-/m0/s1. The number of furan rings is 1. The minimum absolute atomic E-state index is 0.0319. The van der Waals surface area contributed by atoms with Gasteiger partial charge in [-0.3, -0.25) is 9.48 Å². The van der Waals surface area contributed by atoms with Crippen molar-refractivity contribution < 1.29 is 17.6 Å². The van der Waals surface area contributed by atoms with Crippen LogP contribution in [0.15, 0.2) is 22.9 Å². The number of rotatable bonds is 3. The summed E-state index contributed by atoms with van der Waals surface area (Å²) in [6, 6.07) is 1.26. The van der Waals surface area contributed by atoms with E-state index in [0.29, 0.717) is 12.3 Å². The highest BCUT2D eigenvalue weighted by Gasteiger charge is 2.37. The highest BCUT2D eigenvalue weighted by molar-refractivity contribution is 7.91. The average molecular weight is 351 g/mol. The van der Waals surface area contributed by atoms with Gasteiger partial charge in [0.25, 0.3) is 5.91 Å². The summed E-state index contributed by atoms with van der Waals surface area (Å²) >= 11 is 0. The fourth-order valence-electron chi connectivity index (χ4n) is 3.04. The zero-order chi connectivity index (χ0) is 17.5. The van der Waals surface area contributed by atoms with E-state index in [1.807, 2.05) is 13.8 Å². The molecule has 0 spiro atoms. The molecular weight excluding hydrogens is 330 g/mol. The topological polar surface area (TPSA) is 85.4 Å². The number of nitrogens with zero attached hydrogens (tertiary/aromatic N) is 3. The normalized spacial score (nSPS) is 20.3. The maximum absolute atomic E-state index is 12.9. The molecule has 1 atom stereocenters. The monoisotopic (exact) mass is 351 g/mol. The summed E-state index contributed by atoms with van der Waals surface area (Å²) in [7, 11) is -3.19. The molecule has 24 heavy (non-hydrogen) atoms. The van der Waals surface area contributed by atoms with Gasteiger partial charge in [-0.1, -0.05) is 0 Å². The fourth-order valence-corrected chi connectivity index (χ4v) is 4.53. The van der Waals surface area contributed by atoms with Crippen molar-refractivity contribution in [3.63, 3.8) is 0 Å². The first-order valence-electron chi connectivity index (χ1n) is 7.91. The molecule has 1 saturated heterocycles. The van der Waals surface area contributed by atoms with Gasteiger partial charge in [0, 0.05) is 30.4 Å². The van der Waals surface area contributed by atoms with E-state index in [2.05, 4.69) is 5.10 Å². The summed E-state index contributed by atoms with van der Waals surface area (Å²) in [5, 5.41) is 4.21. The summed E-state index contributed by atoms with van der Waals surface area (Å²) in [4.78, 5) is 14.5. The predicted molar refractivity (Wildman–Crippen MR) is 88.5 cm³/mol. The van der Waals surface area contributed by atoms with E-state index in [-0.39, 0.29) is 29.7 Å².